The van der Waals surface area contributed by atoms with E-state index in [9.17, 15) is 18.9 Å². The zero-order chi connectivity index (χ0) is 35.0. The number of nitrogens with two attached hydrogens (primary N) is 1. The molecule has 0 aliphatic carbocycles. The number of esters is 1. The smallest absolute Gasteiger partial charge is 0.459 e. The van der Waals surface area contributed by atoms with E-state index in [0.29, 0.717) is 12.8 Å². The number of aromatic nitrogens is 4. The fourth-order valence-corrected chi connectivity index (χ4v) is 7.13. The van der Waals surface area contributed by atoms with Gasteiger partial charge in [0.1, 0.15) is 36.8 Å². The fourth-order valence-electron chi connectivity index (χ4n) is 5.61. The van der Waals surface area contributed by atoms with Gasteiger partial charge in [-0.2, -0.15) is 19.4 Å². The molecule has 1 unspecified atom stereocenters. The van der Waals surface area contributed by atoms with Crippen molar-refractivity contribution in [3.05, 3.63) is 78.6 Å². The molecule has 1 fully saturated rings. The molecule has 49 heavy (non-hydrogen) atoms. The molecule has 1 aliphatic heterocycles. The van der Waals surface area contributed by atoms with Gasteiger partial charge in [0.05, 0.1) is 6.33 Å². The van der Waals surface area contributed by atoms with Crippen LogP contribution >= 0.6 is 7.75 Å². The van der Waals surface area contributed by atoms with Gasteiger partial charge < -0.3 is 24.8 Å². The highest BCUT2D eigenvalue weighted by Gasteiger charge is 2.50. The van der Waals surface area contributed by atoms with Gasteiger partial charge >= 0.3 is 19.8 Å². The summed E-state index contributed by atoms with van der Waals surface area (Å²) in [4.78, 5) is 25.1. The zero-order valence-corrected chi connectivity index (χ0v) is 28.2. The normalized spacial score (nSPS) is 20.9. The molecule has 15 heteroatoms. The Hall–Kier alpha value is -4.38. The maximum Gasteiger partial charge on any atom is 0.459 e. The van der Waals surface area contributed by atoms with Gasteiger partial charge in [0.2, 0.25) is 0 Å². The lowest BCUT2D eigenvalue weighted by molar-refractivity contribution is -0.152. The largest absolute Gasteiger partial charge is 0.461 e. The molecule has 1 saturated heterocycles. The first kappa shape index (κ1) is 35.9. The van der Waals surface area contributed by atoms with Gasteiger partial charge in [-0.05, 0) is 37.0 Å². The Balaban J connectivity index is 1.42. The monoisotopic (exact) mass is 694 g/mol. The van der Waals surface area contributed by atoms with Crippen LogP contribution in [0.15, 0.2) is 67.0 Å². The van der Waals surface area contributed by atoms with Crippen molar-refractivity contribution in [2.75, 3.05) is 12.3 Å². The second-order valence-electron chi connectivity index (χ2n) is 11.7. The number of nitrogens with one attached hydrogen (secondary N) is 1. The van der Waals surface area contributed by atoms with Crippen molar-refractivity contribution >= 4 is 30.7 Å². The number of halogens is 1. The summed E-state index contributed by atoms with van der Waals surface area (Å²) in [6.07, 6.45) is 6.50. The van der Waals surface area contributed by atoms with E-state index in [0.717, 1.165) is 18.4 Å². The summed E-state index contributed by atoms with van der Waals surface area (Å²) >= 11 is 0. The quantitative estimate of drug-likeness (QED) is 0.0613. The number of terminal acetylenes is 1. The molecule has 5 rings (SSSR count). The molecule has 260 valence electrons. The lowest BCUT2D eigenvalue weighted by Gasteiger charge is -2.30. The lowest BCUT2D eigenvalue weighted by Crippen LogP contribution is -2.45. The number of nitrogen functional groups attached to an aromatic ring is 1. The number of hydrogen-bond acceptors (Lipinski definition) is 11. The molecule has 0 spiro atoms. The molecule has 2 aromatic heterocycles. The van der Waals surface area contributed by atoms with Crippen LogP contribution in [0.25, 0.3) is 11.2 Å². The summed E-state index contributed by atoms with van der Waals surface area (Å²) in [5, 5.41) is 14.0. The molecule has 13 nitrogen and oxygen atoms in total. The number of ether oxygens (including phenoxy) is 2. The first-order valence-electron chi connectivity index (χ1n) is 16.1. The standard InChI is InChI=1S/C34H40FN6O7P/c1-4-13-24(14-5-2)46-32(43)26(19-23-15-9-7-10-16-23)40-49(44,48-25-17-11-8-12-18-25)45-21-34(6-3)27(42)20-28(47-34)41-22-37-29-30(36)38-33(35)39-31(29)41/h3,7-12,15-18,22,24,26-28,42H,4-5,13-14,19-21H2,1-2H3,(H,40,44)(H2,36,38,39)/t26?,27-,28+,34+,49-/m0/s1. The Labute approximate surface area is 283 Å². The van der Waals surface area contributed by atoms with Crippen LogP contribution in [0.1, 0.15) is 57.7 Å². The van der Waals surface area contributed by atoms with Crippen molar-refractivity contribution in [3.8, 4) is 18.1 Å². The number of carbonyl (C=O) groups excluding carboxylic acids is 1. The van der Waals surface area contributed by atoms with Crippen LogP contribution in [0.4, 0.5) is 10.2 Å². The maximum atomic E-state index is 14.6. The highest BCUT2D eigenvalue weighted by Crippen LogP contribution is 2.48. The van der Waals surface area contributed by atoms with Crippen LogP contribution in [-0.4, -0.2) is 61.1 Å². The van der Waals surface area contributed by atoms with Crippen LogP contribution in [-0.2, 0) is 29.8 Å². The number of benzene rings is 2. The van der Waals surface area contributed by atoms with Crippen molar-refractivity contribution in [1.29, 1.82) is 0 Å². The van der Waals surface area contributed by atoms with Crippen LogP contribution in [0.2, 0.25) is 0 Å². The van der Waals surface area contributed by atoms with Crippen molar-refractivity contribution < 1.29 is 37.4 Å². The molecule has 5 atom stereocenters. The van der Waals surface area contributed by atoms with E-state index in [1.54, 1.807) is 30.3 Å². The van der Waals surface area contributed by atoms with Gasteiger partial charge in [-0.25, -0.2) is 9.55 Å². The predicted molar refractivity (Wildman–Crippen MR) is 179 cm³/mol. The van der Waals surface area contributed by atoms with Crippen molar-refractivity contribution in [2.24, 2.45) is 0 Å². The highest BCUT2D eigenvalue weighted by atomic mass is 31.2. The first-order valence-corrected chi connectivity index (χ1v) is 17.6. The van der Waals surface area contributed by atoms with E-state index in [1.165, 1.54) is 10.9 Å². The Bertz CT molecular complexity index is 1800. The number of para-hydroxylation sites is 1. The van der Waals surface area contributed by atoms with Gasteiger partial charge in [-0.1, -0.05) is 81.1 Å². The minimum absolute atomic E-state index is 0.0300. The molecule has 3 heterocycles. The number of nitrogens with zero attached hydrogens (tertiary/aromatic N) is 4. The van der Waals surface area contributed by atoms with Gasteiger partial charge in [-0.15, -0.1) is 6.42 Å². The van der Waals surface area contributed by atoms with E-state index in [2.05, 4.69) is 26.0 Å². The van der Waals surface area contributed by atoms with Crippen LogP contribution < -0.4 is 15.3 Å². The summed E-state index contributed by atoms with van der Waals surface area (Å²) in [6.45, 7) is 3.39. The average Bonchev–Trinajstić information content (AvgIpc) is 3.65. The van der Waals surface area contributed by atoms with Gasteiger partial charge in [0.15, 0.2) is 22.6 Å². The third kappa shape index (κ3) is 8.62. The van der Waals surface area contributed by atoms with E-state index >= 15 is 0 Å². The van der Waals surface area contributed by atoms with E-state index < -0.39 is 50.4 Å². The number of aliphatic hydroxyl groups excluding tert-OH is 1. The molecular formula is C34H40FN6O7P. The van der Waals surface area contributed by atoms with Gasteiger partial charge in [-0.3, -0.25) is 13.9 Å². The average molecular weight is 695 g/mol. The maximum absolute atomic E-state index is 14.6. The Morgan fingerprint density at radius 2 is 1.86 bits per heavy atom. The molecule has 4 N–H and O–H groups in total. The summed E-state index contributed by atoms with van der Waals surface area (Å²) in [5.74, 6) is 1.83. The number of aliphatic hydroxyl groups is 1. The number of rotatable bonds is 16. The molecule has 4 aromatic rings. The molecule has 2 aromatic carbocycles. The molecule has 0 radical (unpaired) electrons. The summed E-state index contributed by atoms with van der Waals surface area (Å²) < 4.78 is 54.0. The van der Waals surface area contributed by atoms with Gasteiger partial charge in [0, 0.05) is 6.42 Å². The summed E-state index contributed by atoms with van der Waals surface area (Å²) in [7, 11) is -4.47. The van der Waals surface area contributed by atoms with Gasteiger partial charge in [0.25, 0.3) is 0 Å². The molecular weight excluding hydrogens is 654 g/mol. The second-order valence-corrected chi connectivity index (χ2v) is 13.4. The van der Waals surface area contributed by atoms with Crippen LogP contribution in [0.5, 0.6) is 5.75 Å². The van der Waals surface area contributed by atoms with Crippen molar-refractivity contribution in [2.45, 2.75) is 82.5 Å². The van der Waals surface area contributed by atoms with E-state index in [4.69, 9.17) is 30.7 Å². The van der Waals surface area contributed by atoms with E-state index in [-0.39, 0.29) is 41.7 Å². The number of fused-ring (bicyclic) bond motifs is 1. The number of carbonyl (C=O) groups is 1. The van der Waals surface area contributed by atoms with Crippen molar-refractivity contribution in [1.82, 2.24) is 24.6 Å². The van der Waals surface area contributed by atoms with Crippen LogP contribution in [0, 0.1) is 18.4 Å². The number of anilines is 1. The Morgan fingerprint density at radius 3 is 2.51 bits per heavy atom. The highest BCUT2D eigenvalue weighted by molar-refractivity contribution is 7.52. The molecule has 1 aliphatic rings. The Kier molecular flexibility index (Phi) is 11.6. The number of imidazole rings is 1. The summed E-state index contributed by atoms with van der Waals surface area (Å²) in [6, 6.07) is 16.3. The van der Waals surface area contributed by atoms with E-state index in [1.807, 2.05) is 44.2 Å². The minimum Gasteiger partial charge on any atom is -0.461 e. The fraction of sp³-hybridized carbons (Fsp3) is 0.412. The SMILES string of the molecule is C#C[C@]1(CO[P@@](=O)(NC(Cc2ccccc2)C(=O)OC(CCC)CCC)Oc2ccccc2)O[C@@H](n2cnc3c(N)nc(F)nc32)C[C@@H]1O. The molecule has 0 saturated carbocycles. The predicted octanol–water partition coefficient (Wildman–Crippen LogP) is 5.12. The number of hydrogen-bond donors (Lipinski definition) is 3. The third-order valence-electron chi connectivity index (χ3n) is 8.09. The topological polar surface area (TPSA) is 173 Å². The van der Waals surface area contributed by atoms with Crippen LogP contribution in [0.3, 0.4) is 0 Å². The zero-order valence-electron chi connectivity index (χ0n) is 27.3. The molecule has 0 bridgehead atoms. The summed E-state index contributed by atoms with van der Waals surface area (Å²) in [5.41, 5.74) is 4.90. The first-order chi connectivity index (χ1) is 23.6. The third-order valence-corrected chi connectivity index (χ3v) is 9.64. The second kappa shape index (κ2) is 15.9. The Morgan fingerprint density at radius 1 is 1.18 bits per heavy atom. The van der Waals surface area contributed by atoms with Crippen molar-refractivity contribution in [3.63, 3.8) is 0 Å². The minimum atomic E-state index is -4.47. The molecule has 0 amide bonds. The lowest BCUT2D eigenvalue weighted by atomic mass is 9.99.